The van der Waals surface area contributed by atoms with Crippen LogP contribution in [0, 0.1) is 0 Å². The van der Waals surface area contributed by atoms with E-state index in [-0.39, 0.29) is 17.9 Å². The Balaban J connectivity index is 1.63. The number of para-hydroxylation sites is 1. The molecule has 168 valence electrons. The third-order valence-electron chi connectivity index (χ3n) is 6.07. The van der Waals surface area contributed by atoms with E-state index < -0.39 is 5.54 Å². The van der Waals surface area contributed by atoms with E-state index in [4.69, 9.17) is 4.74 Å². The van der Waals surface area contributed by atoms with Crippen LogP contribution in [0.1, 0.15) is 43.2 Å². The molecule has 6 nitrogen and oxygen atoms in total. The van der Waals surface area contributed by atoms with Crippen molar-refractivity contribution < 1.29 is 14.3 Å². The minimum absolute atomic E-state index is 0.128. The van der Waals surface area contributed by atoms with Gasteiger partial charge in [-0.2, -0.15) is 0 Å². The van der Waals surface area contributed by atoms with Gasteiger partial charge in [0.1, 0.15) is 11.2 Å². The molecule has 0 spiro atoms. The van der Waals surface area contributed by atoms with Gasteiger partial charge < -0.3 is 19.5 Å². The van der Waals surface area contributed by atoms with Crippen molar-refractivity contribution in [2.75, 3.05) is 13.2 Å². The Hall–Kier alpha value is -3.12. The van der Waals surface area contributed by atoms with Crippen molar-refractivity contribution in [1.29, 1.82) is 0 Å². The number of nitrogens with zero attached hydrogens (tertiary/aromatic N) is 2. The molecule has 0 fully saturated rings. The summed E-state index contributed by atoms with van der Waals surface area (Å²) in [5.41, 5.74) is 1.58. The lowest BCUT2D eigenvalue weighted by molar-refractivity contribution is -0.133. The monoisotopic (exact) mass is 433 g/mol. The summed E-state index contributed by atoms with van der Waals surface area (Å²) in [5, 5.41) is 4.05. The summed E-state index contributed by atoms with van der Waals surface area (Å²) in [4.78, 5) is 28.9. The van der Waals surface area contributed by atoms with Crippen LogP contribution in [0.2, 0.25) is 0 Å². The van der Waals surface area contributed by atoms with Crippen LogP contribution in [0.4, 0.5) is 0 Å². The summed E-state index contributed by atoms with van der Waals surface area (Å²) >= 11 is 0. The molecule has 2 amide bonds. The van der Waals surface area contributed by atoms with Crippen molar-refractivity contribution in [3.63, 3.8) is 0 Å². The molecule has 0 bridgehead atoms. The van der Waals surface area contributed by atoms with Crippen molar-refractivity contribution in [1.82, 2.24) is 14.8 Å². The molecule has 0 saturated heterocycles. The molecule has 3 aromatic rings. The standard InChI is InChI=1S/C26H31N3O3/c1-19(2)32-15-9-14-27-25(31)26(3)18-28-22-13-8-7-12-21(22)16-23(28)24(30)29(26)17-20-10-5-4-6-11-20/h4-8,10-13,16,19H,9,14-15,17-18H2,1-3H3,(H,27,31). The maximum absolute atomic E-state index is 13.7. The summed E-state index contributed by atoms with van der Waals surface area (Å²) in [6.07, 6.45) is 0.894. The smallest absolute Gasteiger partial charge is 0.271 e. The van der Waals surface area contributed by atoms with Crippen LogP contribution < -0.4 is 5.32 Å². The van der Waals surface area contributed by atoms with E-state index in [0.29, 0.717) is 31.9 Å². The van der Waals surface area contributed by atoms with Gasteiger partial charge in [-0.25, -0.2) is 0 Å². The van der Waals surface area contributed by atoms with E-state index >= 15 is 0 Å². The highest BCUT2D eigenvalue weighted by molar-refractivity contribution is 6.03. The molecule has 4 rings (SSSR count). The second-order valence-electron chi connectivity index (χ2n) is 8.85. The Morgan fingerprint density at radius 2 is 1.84 bits per heavy atom. The topological polar surface area (TPSA) is 63.6 Å². The summed E-state index contributed by atoms with van der Waals surface area (Å²) in [7, 11) is 0. The molecule has 0 radical (unpaired) electrons. The molecule has 0 saturated carbocycles. The summed E-state index contributed by atoms with van der Waals surface area (Å²) in [6, 6.07) is 19.7. The lowest BCUT2D eigenvalue weighted by atomic mass is 9.93. The van der Waals surface area contributed by atoms with Crippen LogP contribution >= 0.6 is 0 Å². The summed E-state index contributed by atoms with van der Waals surface area (Å²) in [6.45, 7) is 7.73. The number of amides is 2. The first-order valence-electron chi connectivity index (χ1n) is 11.2. The first-order valence-corrected chi connectivity index (χ1v) is 11.2. The minimum Gasteiger partial charge on any atom is -0.379 e. The van der Waals surface area contributed by atoms with Crippen LogP contribution in [-0.4, -0.2) is 46.1 Å². The van der Waals surface area contributed by atoms with Crippen LogP contribution in [0.3, 0.4) is 0 Å². The molecule has 32 heavy (non-hydrogen) atoms. The number of hydrogen-bond acceptors (Lipinski definition) is 3. The Morgan fingerprint density at radius 1 is 1.12 bits per heavy atom. The quantitative estimate of drug-likeness (QED) is 0.547. The normalized spacial score (nSPS) is 18.2. The van der Waals surface area contributed by atoms with Crippen LogP contribution in [0.25, 0.3) is 10.9 Å². The zero-order valence-electron chi connectivity index (χ0n) is 19.0. The zero-order chi connectivity index (χ0) is 22.7. The Kier molecular flexibility index (Phi) is 6.33. The summed E-state index contributed by atoms with van der Waals surface area (Å²) in [5.74, 6) is -0.271. The van der Waals surface area contributed by atoms with E-state index in [1.807, 2.05) is 86.0 Å². The highest BCUT2D eigenvalue weighted by Crippen LogP contribution is 2.33. The van der Waals surface area contributed by atoms with Gasteiger partial charge in [0, 0.05) is 30.6 Å². The van der Waals surface area contributed by atoms with Gasteiger partial charge in [0.15, 0.2) is 0 Å². The molecular formula is C26H31N3O3. The average Bonchev–Trinajstić information content (AvgIpc) is 3.15. The predicted octanol–water partition coefficient (Wildman–Crippen LogP) is 3.99. The number of carbonyl (C=O) groups excluding carboxylic acids is 2. The molecule has 1 aliphatic heterocycles. The molecule has 1 aromatic heterocycles. The zero-order valence-corrected chi connectivity index (χ0v) is 19.0. The highest BCUT2D eigenvalue weighted by atomic mass is 16.5. The van der Waals surface area contributed by atoms with Gasteiger partial charge in [-0.15, -0.1) is 0 Å². The third-order valence-corrected chi connectivity index (χ3v) is 6.07. The molecule has 1 N–H and O–H groups in total. The second kappa shape index (κ2) is 9.17. The number of fused-ring (bicyclic) bond motifs is 3. The van der Waals surface area contributed by atoms with Gasteiger partial charge in [-0.1, -0.05) is 48.5 Å². The van der Waals surface area contributed by atoms with Crippen LogP contribution in [0.5, 0.6) is 0 Å². The van der Waals surface area contributed by atoms with Gasteiger partial charge >= 0.3 is 0 Å². The SMILES string of the molecule is CC(C)OCCCNC(=O)C1(C)Cn2c(cc3ccccc32)C(=O)N1Cc1ccccc1. The van der Waals surface area contributed by atoms with E-state index in [0.717, 1.165) is 22.9 Å². The number of hydrogen-bond donors (Lipinski definition) is 1. The molecule has 2 aromatic carbocycles. The third kappa shape index (κ3) is 4.28. The number of carbonyl (C=O) groups is 2. The van der Waals surface area contributed by atoms with Gasteiger partial charge in [-0.05, 0) is 44.9 Å². The average molecular weight is 434 g/mol. The van der Waals surface area contributed by atoms with Crippen molar-refractivity contribution in [3.05, 3.63) is 71.9 Å². The molecule has 1 aliphatic rings. The predicted molar refractivity (Wildman–Crippen MR) is 125 cm³/mol. The Bertz CT molecular complexity index is 1110. The maximum Gasteiger partial charge on any atom is 0.271 e. The number of aromatic nitrogens is 1. The number of ether oxygens (including phenoxy) is 1. The van der Waals surface area contributed by atoms with Gasteiger partial charge in [0.2, 0.25) is 5.91 Å². The first kappa shape index (κ1) is 22.1. The van der Waals surface area contributed by atoms with E-state index in [1.165, 1.54) is 0 Å². The first-order chi connectivity index (χ1) is 15.4. The fraction of sp³-hybridized carbons (Fsp3) is 0.385. The van der Waals surface area contributed by atoms with Crippen molar-refractivity contribution in [2.24, 2.45) is 0 Å². The van der Waals surface area contributed by atoms with Crippen LogP contribution in [0.15, 0.2) is 60.7 Å². The van der Waals surface area contributed by atoms with Gasteiger partial charge in [-0.3, -0.25) is 9.59 Å². The summed E-state index contributed by atoms with van der Waals surface area (Å²) < 4.78 is 7.56. The minimum atomic E-state index is -1.01. The lowest BCUT2D eigenvalue weighted by Crippen LogP contribution is -2.63. The highest BCUT2D eigenvalue weighted by Gasteiger charge is 2.47. The largest absolute Gasteiger partial charge is 0.379 e. The molecular weight excluding hydrogens is 402 g/mol. The Morgan fingerprint density at radius 3 is 2.59 bits per heavy atom. The van der Waals surface area contributed by atoms with Gasteiger partial charge in [0.05, 0.1) is 12.6 Å². The van der Waals surface area contributed by atoms with Gasteiger partial charge in [0.25, 0.3) is 5.91 Å². The molecule has 2 heterocycles. The van der Waals surface area contributed by atoms with Crippen molar-refractivity contribution >= 4 is 22.7 Å². The fourth-order valence-corrected chi connectivity index (χ4v) is 4.30. The molecule has 6 heteroatoms. The van der Waals surface area contributed by atoms with Crippen molar-refractivity contribution in [3.8, 4) is 0 Å². The Labute approximate surface area is 189 Å². The maximum atomic E-state index is 13.7. The van der Waals surface area contributed by atoms with E-state index in [2.05, 4.69) is 5.32 Å². The molecule has 0 aliphatic carbocycles. The lowest BCUT2D eigenvalue weighted by Gasteiger charge is -2.44. The molecule has 1 unspecified atom stereocenters. The second-order valence-corrected chi connectivity index (χ2v) is 8.85. The van der Waals surface area contributed by atoms with E-state index in [9.17, 15) is 9.59 Å². The number of benzene rings is 2. The fourth-order valence-electron chi connectivity index (χ4n) is 4.30. The number of nitrogens with one attached hydrogen (secondary N) is 1. The van der Waals surface area contributed by atoms with Crippen molar-refractivity contribution in [2.45, 2.75) is 51.9 Å². The number of rotatable bonds is 8. The molecule has 1 atom stereocenters. The van der Waals surface area contributed by atoms with E-state index in [1.54, 1.807) is 4.90 Å². The van der Waals surface area contributed by atoms with Crippen LogP contribution in [-0.2, 0) is 22.6 Å².